The Morgan fingerprint density at radius 2 is 2.07 bits per heavy atom. The van der Waals surface area contributed by atoms with Crippen LogP contribution in [0.1, 0.15) is 10.4 Å². The van der Waals surface area contributed by atoms with E-state index in [-0.39, 0.29) is 0 Å². The van der Waals surface area contributed by atoms with E-state index >= 15 is 0 Å². The van der Waals surface area contributed by atoms with Crippen LogP contribution in [0.15, 0.2) is 35.7 Å². The van der Waals surface area contributed by atoms with E-state index in [1.165, 1.54) is 10.4 Å². The lowest BCUT2D eigenvalue weighted by Gasteiger charge is -2.26. The van der Waals surface area contributed by atoms with Crippen molar-refractivity contribution in [2.45, 2.75) is 26.2 Å². The fourth-order valence-electron chi connectivity index (χ4n) is 3.35. The molecule has 4 rings (SSSR count). The minimum absolute atomic E-state index is 0.586. The topological polar surface area (TPSA) is 35.2 Å². The quantitative estimate of drug-likeness (QED) is 0.551. The van der Waals surface area contributed by atoms with Crippen molar-refractivity contribution in [3.05, 3.63) is 55.9 Å². The Labute approximate surface area is 172 Å². The Balaban J connectivity index is 1.63. The van der Waals surface area contributed by atoms with Crippen LogP contribution in [-0.2, 0) is 30.9 Å². The van der Waals surface area contributed by atoms with Crippen LogP contribution in [0.25, 0.3) is 11.4 Å². The Morgan fingerprint density at radius 3 is 2.85 bits per heavy atom. The van der Waals surface area contributed by atoms with Gasteiger partial charge in [-0.2, -0.15) is 5.10 Å². The Morgan fingerprint density at radius 1 is 1.26 bits per heavy atom. The number of rotatable bonds is 6. The van der Waals surface area contributed by atoms with Gasteiger partial charge in [0.25, 0.3) is 0 Å². The van der Waals surface area contributed by atoms with Gasteiger partial charge in [-0.3, -0.25) is 9.47 Å². The summed E-state index contributed by atoms with van der Waals surface area (Å²) in [5.74, 6) is 0.849. The standard InChI is InChI=1S/C19H21ClN4OS2/c1-25-10-9-23-18(14-2-4-16(20)5-3-14)21-24(19(23)26)13-22-8-6-17-15(12-22)7-11-27-17/h2-5,7,11H,6,8-10,12-13H2,1H3. The highest BCUT2D eigenvalue weighted by Crippen LogP contribution is 2.25. The van der Waals surface area contributed by atoms with Gasteiger partial charge in [-0.25, -0.2) is 4.68 Å². The normalized spacial score (nSPS) is 14.4. The summed E-state index contributed by atoms with van der Waals surface area (Å²) < 4.78 is 9.95. The number of hydrogen-bond donors (Lipinski definition) is 0. The van der Waals surface area contributed by atoms with E-state index in [4.69, 9.17) is 33.7 Å². The molecule has 1 aliphatic rings. The van der Waals surface area contributed by atoms with Crippen molar-refractivity contribution in [3.63, 3.8) is 0 Å². The Kier molecular flexibility index (Phi) is 5.75. The molecule has 0 bridgehead atoms. The zero-order valence-electron chi connectivity index (χ0n) is 15.1. The highest BCUT2D eigenvalue weighted by atomic mass is 35.5. The first-order valence-electron chi connectivity index (χ1n) is 8.86. The molecule has 0 fully saturated rings. The fourth-order valence-corrected chi connectivity index (χ4v) is 4.64. The van der Waals surface area contributed by atoms with Crippen molar-refractivity contribution in [1.29, 1.82) is 0 Å². The van der Waals surface area contributed by atoms with Gasteiger partial charge in [0.1, 0.15) is 0 Å². The molecule has 1 aromatic carbocycles. The van der Waals surface area contributed by atoms with E-state index in [2.05, 4.69) is 16.3 Å². The summed E-state index contributed by atoms with van der Waals surface area (Å²) in [6.45, 7) is 3.91. The zero-order chi connectivity index (χ0) is 18.8. The first kappa shape index (κ1) is 18.8. The minimum Gasteiger partial charge on any atom is -0.383 e. The molecule has 8 heteroatoms. The molecule has 27 heavy (non-hydrogen) atoms. The van der Waals surface area contributed by atoms with Crippen molar-refractivity contribution < 1.29 is 4.74 Å². The second-order valence-corrected chi connectivity index (χ2v) is 8.37. The summed E-state index contributed by atoms with van der Waals surface area (Å²) in [5, 5.41) is 7.72. The average Bonchev–Trinajstić information content (AvgIpc) is 3.26. The summed E-state index contributed by atoms with van der Waals surface area (Å²) in [7, 11) is 1.70. The maximum atomic E-state index is 6.04. The molecular formula is C19H21ClN4OS2. The third kappa shape index (κ3) is 4.02. The molecule has 1 aliphatic heterocycles. The van der Waals surface area contributed by atoms with E-state index < -0.39 is 0 Å². The maximum Gasteiger partial charge on any atom is 0.199 e. The number of ether oxygens (including phenoxy) is 1. The number of nitrogens with zero attached hydrogens (tertiary/aromatic N) is 4. The van der Waals surface area contributed by atoms with Gasteiger partial charge < -0.3 is 4.74 Å². The van der Waals surface area contributed by atoms with Crippen LogP contribution in [0.3, 0.4) is 0 Å². The van der Waals surface area contributed by atoms with Gasteiger partial charge in [0, 0.05) is 35.7 Å². The molecule has 0 aliphatic carbocycles. The largest absolute Gasteiger partial charge is 0.383 e. The van der Waals surface area contributed by atoms with Gasteiger partial charge in [0.05, 0.1) is 19.8 Å². The van der Waals surface area contributed by atoms with Gasteiger partial charge >= 0.3 is 0 Å². The first-order valence-corrected chi connectivity index (χ1v) is 10.5. The number of hydrogen-bond acceptors (Lipinski definition) is 5. The molecule has 3 heterocycles. The van der Waals surface area contributed by atoms with E-state index in [0.29, 0.717) is 29.6 Å². The molecule has 0 N–H and O–H groups in total. The minimum atomic E-state index is 0.586. The smallest absolute Gasteiger partial charge is 0.199 e. The van der Waals surface area contributed by atoms with Gasteiger partial charge in [0.2, 0.25) is 0 Å². The van der Waals surface area contributed by atoms with Gasteiger partial charge in [-0.1, -0.05) is 11.6 Å². The highest BCUT2D eigenvalue weighted by molar-refractivity contribution is 7.71. The Bertz CT molecular complexity index is 977. The molecule has 142 valence electrons. The lowest BCUT2D eigenvalue weighted by atomic mass is 10.1. The Hall–Kier alpha value is -1.51. The van der Waals surface area contributed by atoms with Crippen molar-refractivity contribution in [2.75, 3.05) is 20.3 Å². The number of benzene rings is 1. The third-order valence-electron chi connectivity index (χ3n) is 4.76. The number of thiophene rings is 1. The van der Waals surface area contributed by atoms with Crippen molar-refractivity contribution in [1.82, 2.24) is 19.2 Å². The number of aromatic nitrogens is 3. The van der Waals surface area contributed by atoms with E-state index in [0.717, 1.165) is 30.9 Å². The molecule has 0 radical (unpaired) electrons. The molecular weight excluding hydrogens is 400 g/mol. The molecule has 0 atom stereocenters. The monoisotopic (exact) mass is 420 g/mol. The molecule has 2 aromatic heterocycles. The highest BCUT2D eigenvalue weighted by Gasteiger charge is 2.20. The van der Waals surface area contributed by atoms with Crippen LogP contribution >= 0.6 is 35.2 Å². The van der Waals surface area contributed by atoms with Crippen molar-refractivity contribution in [2.24, 2.45) is 0 Å². The molecule has 0 unspecified atom stereocenters. The van der Waals surface area contributed by atoms with Crippen molar-refractivity contribution in [3.8, 4) is 11.4 Å². The van der Waals surface area contributed by atoms with Crippen molar-refractivity contribution >= 4 is 35.2 Å². The molecule has 0 spiro atoms. The van der Waals surface area contributed by atoms with E-state index in [1.807, 2.05) is 44.9 Å². The number of fused-ring (bicyclic) bond motifs is 1. The molecule has 0 saturated heterocycles. The predicted molar refractivity (Wildman–Crippen MR) is 112 cm³/mol. The van der Waals surface area contributed by atoms with Crippen LogP contribution in [0.5, 0.6) is 0 Å². The van der Waals surface area contributed by atoms with Gasteiger partial charge in [-0.15, -0.1) is 11.3 Å². The lowest BCUT2D eigenvalue weighted by Crippen LogP contribution is -2.32. The molecule has 3 aromatic rings. The zero-order valence-corrected chi connectivity index (χ0v) is 17.5. The fraction of sp³-hybridized carbons (Fsp3) is 0.368. The third-order valence-corrected chi connectivity index (χ3v) is 6.47. The molecule has 0 saturated carbocycles. The van der Waals surface area contributed by atoms with Gasteiger partial charge in [-0.05, 0) is 59.9 Å². The SMILES string of the molecule is COCCn1c(-c2ccc(Cl)cc2)nn(CN2CCc3sccc3C2)c1=S. The van der Waals surface area contributed by atoms with Crippen LogP contribution < -0.4 is 0 Å². The van der Waals surface area contributed by atoms with Crippen LogP contribution in [0.4, 0.5) is 0 Å². The summed E-state index contributed by atoms with van der Waals surface area (Å²) >= 11 is 13.6. The van der Waals surface area contributed by atoms with Crippen LogP contribution in [0.2, 0.25) is 5.02 Å². The van der Waals surface area contributed by atoms with Crippen LogP contribution in [-0.4, -0.2) is 39.5 Å². The molecule has 0 amide bonds. The summed E-state index contributed by atoms with van der Waals surface area (Å²) in [6.07, 6.45) is 1.09. The second-order valence-electron chi connectivity index (χ2n) is 6.57. The summed E-state index contributed by atoms with van der Waals surface area (Å²) in [4.78, 5) is 3.90. The second kappa shape index (κ2) is 8.24. The molecule has 5 nitrogen and oxygen atoms in total. The maximum absolute atomic E-state index is 6.04. The summed E-state index contributed by atoms with van der Waals surface area (Å²) in [5.41, 5.74) is 2.42. The first-order chi connectivity index (χ1) is 13.2. The number of halogens is 1. The summed E-state index contributed by atoms with van der Waals surface area (Å²) in [6, 6.07) is 9.93. The lowest BCUT2D eigenvalue weighted by molar-refractivity contribution is 0.182. The average molecular weight is 421 g/mol. The van der Waals surface area contributed by atoms with E-state index in [9.17, 15) is 0 Å². The van der Waals surface area contributed by atoms with Gasteiger partial charge in [0.15, 0.2) is 10.6 Å². The predicted octanol–water partition coefficient (Wildman–Crippen LogP) is 4.46. The number of methoxy groups -OCH3 is 1. The van der Waals surface area contributed by atoms with E-state index in [1.54, 1.807) is 7.11 Å². The van der Waals surface area contributed by atoms with Crippen LogP contribution in [0, 0.1) is 4.77 Å².